The highest BCUT2D eigenvalue weighted by Gasteiger charge is 2.54. The smallest absolute Gasteiger partial charge is 0.518 e. The number of hydrogen-bond donors (Lipinski definition) is 6. The number of benzene rings is 6. The fraction of sp³-hybridized carbons (Fsp3) is 0.321. The van der Waals surface area contributed by atoms with Crippen LogP contribution in [0.25, 0.3) is 0 Å². The third kappa shape index (κ3) is 29.5. The van der Waals surface area contributed by atoms with E-state index in [9.17, 15) is 66.5 Å². The van der Waals surface area contributed by atoms with Crippen LogP contribution in [-0.4, -0.2) is 217 Å². The predicted octanol–water partition coefficient (Wildman–Crippen LogP) is 6.82. The van der Waals surface area contributed by atoms with Gasteiger partial charge in [-0.2, -0.15) is 46.8 Å². The Morgan fingerprint density at radius 1 is 0.533 bits per heavy atom. The van der Waals surface area contributed by atoms with Crippen LogP contribution in [0.5, 0.6) is 6.01 Å². The van der Waals surface area contributed by atoms with Gasteiger partial charge in [-0.1, -0.05) is 129 Å². The molecule has 3 aliphatic heterocycles. The SMILES string of the molecule is CC#N.CC(=O)O[C@H]1O[C@H](COC(=O)c2ccccc2)[C@@H](OC(=O)c2ccccc2)C1OC(=O)c1ccccc1.C[Si](C)(C)Nc1ncnc(O[Si](C)(C)C)n1.Cc1ncn([C@@H]2O[C@H](COC(=O)c3ccccc3)[C@@H](OC(=O)c3ccccc3)C2OC(=O)c2ccccc2)c(=O)n1.Nc1ncn([C@@H]2O[C@H](CO)[C@H](O)C2O)c(=O)n1.O=S(=O)(O)C(F)(F)F. The van der Waals surface area contributed by atoms with E-state index in [2.05, 4.69) is 79.2 Å². The number of aliphatic hydroxyl groups is 3. The number of aryl methyl sites for hydroxylation is 1. The number of carbonyl (C=O) groups is 7. The minimum Gasteiger partial charge on any atom is -0.518 e. The molecule has 648 valence electrons. The van der Waals surface area contributed by atoms with Crippen LogP contribution in [0, 0.1) is 18.3 Å². The monoisotopic (exact) mass is 1750 g/mol. The largest absolute Gasteiger partial charge is 0.522 e. The molecule has 12 rings (SSSR count). The minimum atomic E-state index is -5.84. The first-order valence-electron chi connectivity index (χ1n) is 36.4. The maximum absolute atomic E-state index is 13.2. The number of carbonyl (C=O) groups excluding carboxylic acids is 7. The molecule has 6 heterocycles. The van der Waals surface area contributed by atoms with Gasteiger partial charge in [-0.15, -0.1) is 0 Å². The average Bonchev–Trinajstić information content (AvgIpc) is 1.65. The number of nitrogen functional groups attached to an aromatic ring is 1. The van der Waals surface area contributed by atoms with Crippen LogP contribution < -0.4 is 26.5 Å². The number of esters is 7. The first-order chi connectivity index (χ1) is 57.7. The molecule has 0 radical (unpaired) electrons. The Kier molecular flexibility index (Phi) is 35.4. The zero-order valence-electron chi connectivity index (χ0n) is 66.5. The second kappa shape index (κ2) is 44.9. The van der Waals surface area contributed by atoms with E-state index < -0.39 is 166 Å². The van der Waals surface area contributed by atoms with Crippen molar-refractivity contribution in [1.82, 2.24) is 44.0 Å². The number of halogens is 3. The topological polar surface area (TPSA) is 532 Å². The Balaban J connectivity index is 0.000000228. The van der Waals surface area contributed by atoms with Gasteiger partial charge in [-0.25, -0.2) is 53.3 Å². The molecule has 3 aromatic heterocycles. The van der Waals surface area contributed by atoms with E-state index in [1.165, 1.54) is 19.6 Å². The lowest BCUT2D eigenvalue weighted by Gasteiger charge is -2.24. The molecule has 3 fully saturated rings. The maximum Gasteiger partial charge on any atom is 0.522 e. The van der Waals surface area contributed by atoms with E-state index >= 15 is 0 Å². The molecule has 0 bridgehead atoms. The first kappa shape index (κ1) is 96.2. The number of nitrogens with one attached hydrogen (secondary N) is 1. The second-order valence-corrected chi connectivity index (χ2v) is 38.2. The van der Waals surface area contributed by atoms with Crippen molar-refractivity contribution in [2.45, 2.75) is 139 Å². The summed E-state index contributed by atoms with van der Waals surface area (Å²) in [7, 11) is -8.92. The summed E-state index contributed by atoms with van der Waals surface area (Å²) >= 11 is 0. The molecule has 38 nitrogen and oxygen atoms in total. The van der Waals surface area contributed by atoms with Crippen LogP contribution in [0.4, 0.5) is 25.1 Å². The quantitative estimate of drug-likeness (QED) is 0.0133. The van der Waals surface area contributed by atoms with Crippen LogP contribution in [0.3, 0.4) is 0 Å². The van der Waals surface area contributed by atoms with Crippen molar-refractivity contribution in [3.05, 3.63) is 261 Å². The Hall–Kier alpha value is -13.0. The molecule has 3 aliphatic rings. The van der Waals surface area contributed by atoms with E-state index in [1.807, 2.05) is 0 Å². The number of aliphatic hydroxyl groups excluding tert-OH is 3. The Morgan fingerprint density at radius 2 is 0.893 bits per heavy atom. The van der Waals surface area contributed by atoms with Gasteiger partial charge in [0.25, 0.3) is 0 Å². The number of hydrogen-bond acceptors (Lipinski definition) is 35. The van der Waals surface area contributed by atoms with Crippen LogP contribution >= 0.6 is 0 Å². The zero-order valence-corrected chi connectivity index (χ0v) is 69.3. The summed E-state index contributed by atoms with van der Waals surface area (Å²) in [4.78, 5) is 144. The normalized spacial score (nSPS) is 20.0. The number of alkyl halides is 3. The van der Waals surface area contributed by atoms with E-state index in [4.69, 9.17) is 80.9 Å². The van der Waals surface area contributed by atoms with E-state index in [-0.39, 0.29) is 47.2 Å². The highest BCUT2D eigenvalue weighted by molar-refractivity contribution is 7.86. The lowest BCUT2D eigenvalue weighted by atomic mass is 10.1. The number of nitrogens with zero attached hydrogens (tertiary/aromatic N) is 10. The summed E-state index contributed by atoms with van der Waals surface area (Å²) in [5.74, 6) is -4.28. The van der Waals surface area contributed by atoms with Crippen molar-refractivity contribution >= 4 is 80.4 Å². The van der Waals surface area contributed by atoms with Crippen LogP contribution in [0.2, 0.25) is 39.3 Å². The fourth-order valence-electron chi connectivity index (χ4n) is 10.6. The lowest BCUT2D eigenvalue weighted by Crippen LogP contribution is -2.42. The number of ether oxygens (including phenoxy) is 10. The molecule has 0 spiro atoms. The highest BCUT2D eigenvalue weighted by Crippen LogP contribution is 2.36. The van der Waals surface area contributed by atoms with Crippen molar-refractivity contribution in [2.75, 3.05) is 30.5 Å². The number of nitriles is 1. The molecule has 122 heavy (non-hydrogen) atoms. The van der Waals surface area contributed by atoms with Crippen molar-refractivity contribution < 1.29 is 127 Å². The molecule has 12 atom stereocenters. The molecule has 0 amide bonds. The molecule has 0 saturated carbocycles. The first-order valence-corrected chi connectivity index (χ1v) is 44.8. The lowest BCUT2D eigenvalue weighted by molar-refractivity contribution is -0.188. The number of aromatic nitrogens is 9. The minimum absolute atomic E-state index is 0.196. The summed E-state index contributed by atoms with van der Waals surface area (Å²) in [6.07, 6.45) is -11.1. The van der Waals surface area contributed by atoms with Crippen molar-refractivity contribution in [3.8, 4) is 12.1 Å². The molecule has 3 unspecified atom stereocenters. The van der Waals surface area contributed by atoms with Gasteiger partial charge in [0, 0.05) is 13.8 Å². The summed E-state index contributed by atoms with van der Waals surface area (Å²) in [5.41, 5.74) is -0.255. The zero-order chi connectivity index (χ0) is 89.7. The molecular weight excluding hydrogens is 1670 g/mol. The third-order valence-corrected chi connectivity index (χ3v) is 18.4. The van der Waals surface area contributed by atoms with Crippen LogP contribution in [0.1, 0.15) is 94.3 Å². The van der Waals surface area contributed by atoms with Gasteiger partial charge in [0.2, 0.25) is 32.6 Å². The average molecular weight is 1750 g/mol. The van der Waals surface area contributed by atoms with E-state index in [0.29, 0.717) is 23.1 Å². The number of anilines is 2. The van der Waals surface area contributed by atoms with Gasteiger partial charge >= 0.3 is 74.8 Å². The van der Waals surface area contributed by atoms with Crippen molar-refractivity contribution in [1.29, 1.82) is 5.26 Å². The number of rotatable bonds is 22. The Labute approximate surface area is 696 Å². The standard InChI is InChI=1S/C30H25N3O8.C28H24O9.C9H20N4OSi2.C8H12N4O5.C2H3N.CHF3O3S/c1-19-31-18-33(30(37)32-19)26-25(41-29(36)22-15-9-4-10-16-22)24(40-28(35)21-13-7-3-8-14-21)23(39-26)17-38-27(34)20-11-5-2-6-12-20;1-18(29)34-28-24(37-27(32)21-15-9-4-10-16-21)23(36-26(31)20-13-7-3-8-14-20)22(35-28)17-33-25(30)19-11-5-2-6-12-19;1-15(2,3)13-8-10-7-11-9(12-8)14-16(4,5)6;9-7-10-2-12(8(16)11-7)6-5(15)4(14)3(1-13)17-6;1-2-3;2-1(3,4)8(5,6)7/h2-16,18,23-26H,17H2,1H3;2-16,22-24,28H,17H2,1H3;7H,1-6H3,(H,10,11,12,13);2-6,13-15H,1H2,(H2,9,11,16);1H3;(H,5,6,7)/t23-,24-,25?,26-;22-,23-,24?,28+;;3-,4+,5?,6-;;/m11.1../s1. The highest BCUT2D eigenvalue weighted by atomic mass is 32.2. The van der Waals surface area contributed by atoms with Gasteiger partial charge in [0.05, 0.1) is 46.1 Å². The van der Waals surface area contributed by atoms with Gasteiger partial charge < -0.3 is 77.8 Å². The molecule has 6 aromatic carbocycles. The van der Waals surface area contributed by atoms with Gasteiger partial charge in [0.15, 0.2) is 30.8 Å². The molecule has 7 N–H and O–H groups in total. The maximum atomic E-state index is 13.2. The molecular formula is C78H85F3N12O26SSi2. The third-order valence-electron chi connectivity index (χ3n) is 16.0. The van der Waals surface area contributed by atoms with E-state index in [1.54, 1.807) is 195 Å². The molecule has 9 aromatic rings. The summed E-state index contributed by atoms with van der Waals surface area (Å²) in [6.45, 7) is 15.8. The predicted molar refractivity (Wildman–Crippen MR) is 425 cm³/mol. The van der Waals surface area contributed by atoms with Crippen molar-refractivity contribution in [2.24, 2.45) is 0 Å². The van der Waals surface area contributed by atoms with E-state index in [0.717, 1.165) is 22.4 Å². The summed E-state index contributed by atoms with van der Waals surface area (Å²) in [6, 6.07) is 51.4. The van der Waals surface area contributed by atoms with Gasteiger partial charge in [-0.05, 0) is 99.4 Å². The Morgan fingerprint density at radius 3 is 1.26 bits per heavy atom. The fourth-order valence-corrected chi connectivity index (χ4v) is 12.1. The number of nitrogens with two attached hydrogens (primary N) is 1. The van der Waals surface area contributed by atoms with Crippen LogP contribution in [0.15, 0.2) is 211 Å². The molecule has 3 saturated heterocycles. The summed E-state index contributed by atoms with van der Waals surface area (Å²) < 4.78 is 121. The molecule has 44 heteroatoms. The van der Waals surface area contributed by atoms with Gasteiger partial charge in [-0.3, -0.25) is 18.5 Å². The Bertz CT molecular complexity index is 5220. The van der Waals surface area contributed by atoms with Crippen LogP contribution in [-0.2, 0) is 62.3 Å². The van der Waals surface area contributed by atoms with Gasteiger partial charge in [0.1, 0.15) is 76.8 Å². The molecule has 0 aliphatic carbocycles. The summed E-state index contributed by atoms with van der Waals surface area (Å²) in [5, 5.41) is 35.4. The second-order valence-electron chi connectivity index (χ2n) is 27.6. The van der Waals surface area contributed by atoms with Crippen molar-refractivity contribution in [3.63, 3.8) is 0 Å².